The van der Waals surface area contributed by atoms with Crippen LogP contribution in [0.5, 0.6) is 0 Å². The molecular formula is C12H20N4O2. The molecule has 0 unspecified atom stereocenters. The minimum absolute atomic E-state index is 0.182. The van der Waals surface area contributed by atoms with Crippen molar-refractivity contribution in [1.29, 1.82) is 0 Å². The van der Waals surface area contributed by atoms with E-state index in [1.165, 1.54) is 0 Å². The van der Waals surface area contributed by atoms with E-state index in [9.17, 15) is 4.79 Å². The number of nitrogen functional groups attached to an aromatic ring is 1. The zero-order valence-corrected chi connectivity index (χ0v) is 10.6. The highest BCUT2D eigenvalue weighted by Crippen LogP contribution is 2.05. The van der Waals surface area contributed by atoms with Gasteiger partial charge in [-0.2, -0.15) is 0 Å². The van der Waals surface area contributed by atoms with Crippen LogP contribution in [0.3, 0.4) is 0 Å². The predicted molar refractivity (Wildman–Crippen MR) is 70.1 cm³/mol. The Hall–Kier alpha value is -1.66. The summed E-state index contributed by atoms with van der Waals surface area (Å²) in [6.07, 6.45) is 4.52. The van der Waals surface area contributed by atoms with Crippen molar-refractivity contribution >= 4 is 11.6 Å². The summed E-state index contributed by atoms with van der Waals surface area (Å²) in [6.45, 7) is 1.41. The van der Waals surface area contributed by atoms with Crippen molar-refractivity contribution in [3.63, 3.8) is 0 Å². The van der Waals surface area contributed by atoms with Gasteiger partial charge in [-0.15, -0.1) is 0 Å². The number of methoxy groups -OCH3 is 1. The van der Waals surface area contributed by atoms with Crippen LogP contribution < -0.4 is 16.6 Å². The molecule has 1 amide bonds. The molecule has 0 saturated carbocycles. The Morgan fingerprint density at radius 2 is 2.28 bits per heavy atom. The maximum absolute atomic E-state index is 11.7. The van der Waals surface area contributed by atoms with Gasteiger partial charge in [0.05, 0.1) is 5.69 Å². The van der Waals surface area contributed by atoms with Gasteiger partial charge >= 0.3 is 0 Å². The number of aromatic nitrogens is 1. The van der Waals surface area contributed by atoms with Crippen molar-refractivity contribution in [3.05, 3.63) is 24.0 Å². The molecule has 0 saturated heterocycles. The van der Waals surface area contributed by atoms with Crippen LogP contribution in [0.25, 0.3) is 0 Å². The van der Waals surface area contributed by atoms with Gasteiger partial charge in [0.15, 0.2) is 0 Å². The summed E-state index contributed by atoms with van der Waals surface area (Å²) in [5.74, 6) is 5.08. The molecule has 0 aliphatic heterocycles. The number of carbonyl (C=O) groups excluding carboxylic acids is 1. The van der Waals surface area contributed by atoms with E-state index in [2.05, 4.69) is 15.7 Å². The molecule has 6 heteroatoms. The quantitative estimate of drug-likeness (QED) is 0.363. The van der Waals surface area contributed by atoms with Gasteiger partial charge in [0.1, 0.15) is 5.69 Å². The Morgan fingerprint density at radius 3 is 3.00 bits per heavy atom. The molecule has 0 bridgehead atoms. The van der Waals surface area contributed by atoms with Gasteiger partial charge in [-0.05, 0) is 31.4 Å². The van der Waals surface area contributed by atoms with E-state index in [1.54, 1.807) is 25.4 Å². The molecule has 0 radical (unpaired) electrons. The molecule has 4 N–H and O–H groups in total. The van der Waals surface area contributed by atoms with E-state index in [1.807, 2.05) is 0 Å². The first kappa shape index (κ1) is 14.4. The Balaban J connectivity index is 2.27. The number of hydrazine groups is 1. The molecule has 1 aromatic heterocycles. The van der Waals surface area contributed by atoms with Crippen molar-refractivity contribution < 1.29 is 9.53 Å². The fourth-order valence-electron chi connectivity index (χ4n) is 1.49. The lowest BCUT2D eigenvalue weighted by molar-refractivity contribution is 0.0947. The summed E-state index contributed by atoms with van der Waals surface area (Å²) in [5, 5.41) is 2.82. The van der Waals surface area contributed by atoms with Crippen LogP contribution in [0.15, 0.2) is 18.3 Å². The van der Waals surface area contributed by atoms with Crippen molar-refractivity contribution in [2.45, 2.75) is 19.3 Å². The van der Waals surface area contributed by atoms with E-state index in [0.29, 0.717) is 17.9 Å². The van der Waals surface area contributed by atoms with E-state index < -0.39 is 0 Å². The molecule has 0 spiro atoms. The third kappa shape index (κ3) is 5.11. The monoisotopic (exact) mass is 252 g/mol. The molecule has 6 nitrogen and oxygen atoms in total. The lowest BCUT2D eigenvalue weighted by atomic mass is 10.2. The highest BCUT2D eigenvalue weighted by Gasteiger charge is 2.06. The summed E-state index contributed by atoms with van der Waals surface area (Å²) in [4.78, 5) is 15.7. The third-order valence-electron chi connectivity index (χ3n) is 2.47. The van der Waals surface area contributed by atoms with E-state index in [4.69, 9.17) is 10.6 Å². The third-order valence-corrected chi connectivity index (χ3v) is 2.47. The SMILES string of the molecule is COCCCCCNC(=O)c1cc(NN)ccn1. The van der Waals surface area contributed by atoms with Crippen molar-refractivity contribution in [2.24, 2.45) is 5.84 Å². The lowest BCUT2D eigenvalue weighted by Gasteiger charge is -2.06. The summed E-state index contributed by atoms with van der Waals surface area (Å²) in [7, 11) is 1.69. The summed E-state index contributed by atoms with van der Waals surface area (Å²) in [6, 6.07) is 3.31. The average Bonchev–Trinajstić information content (AvgIpc) is 2.42. The second-order valence-corrected chi connectivity index (χ2v) is 3.88. The van der Waals surface area contributed by atoms with E-state index in [0.717, 1.165) is 25.9 Å². The van der Waals surface area contributed by atoms with Crippen LogP contribution in [0.2, 0.25) is 0 Å². The molecule has 0 aliphatic rings. The summed E-state index contributed by atoms with van der Waals surface area (Å²) >= 11 is 0. The minimum atomic E-state index is -0.182. The normalized spacial score (nSPS) is 10.1. The van der Waals surface area contributed by atoms with Crippen LogP contribution in [-0.2, 0) is 4.74 Å². The fourth-order valence-corrected chi connectivity index (χ4v) is 1.49. The summed E-state index contributed by atoms with van der Waals surface area (Å²) in [5.41, 5.74) is 3.50. The van der Waals surface area contributed by atoms with E-state index in [-0.39, 0.29) is 5.91 Å². The number of anilines is 1. The number of nitrogens with one attached hydrogen (secondary N) is 2. The number of hydrogen-bond acceptors (Lipinski definition) is 5. The van der Waals surface area contributed by atoms with E-state index >= 15 is 0 Å². The zero-order chi connectivity index (χ0) is 13.2. The number of ether oxygens (including phenoxy) is 1. The van der Waals surface area contributed by atoms with Gasteiger partial charge in [-0.25, -0.2) is 0 Å². The second kappa shape index (κ2) is 8.43. The topological polar surface area (TPSA) is 89.3 Å². The Labute approximate surface area is 107 Å². The molecule has 0 aliphatic carbocycles. The average molecular weight is 252 g/mol. The van der Waals surface area contributed by atoms with Crippen LogP contribution in [0.1, 0.15) is 29.8 Å². The smallest absolute Gasteiger partial charge is 0.269 e. The number of nitrogens with zero attached hydrogens (tertiary/aromatic N) is 1. The number of carbonyl (C=O) groups is 1. The van der Waals surface area contributed by atoms with Gasteiger partial charge in [0.25, 0.3) is 5.91 Å². The lowest BCUT2D eigenvalue weighted by Crippen LogP contribution is -2.25. The number of hydrogen-bond donors (Lipinski definition) is 3. The molecule has 0 aromatic carbocycles. The van der Waals surface area contributed by atoms with Gasteiger partial charge in [-0.1, -0.05) is 0 Å². The van der Waals surface area contributed by atoms with Crippen molar-refractivity contribution in [1.82, 2.24) is 10.3 Å². The number of pyridine rings is 1. The number of amides is 1. The highest BCUT2D eigenvalue weighted by atomic mass is 16.5. The zero-order valence-electron chi connectivity index (χ0n) is 10.6. The largest absolute Gasteiger partial charge is 0.385 e. The highest BCUT2D eigenvalue weighted by molar-refractivity contribution is 5.93. The molecular weight excluding hydrogens is 232 g/mol. The van der Waals surface area contributed by atoms with Crippen molar-refractivity contribution in [2.75, 3.05) is 25.7 Å². The van der Waals surface area contributed by atoms with Gasteiger partial charge < -0.3 is 15.5 Å². The molecule has 1 heterocycles. The molecule has 1 aromatic rings. The molecule has 18 heavy (non-hydrogen) atoms. The van der Waals surface area contributed by atoms with Gasteiger partial charge in [0, 0.05) is 26.5 Å². The Bertz CT molecular complexity index is 371. The number of rotatable bonds is 8. The maximum Gasteiger partial charge on any atom is 0.269 e. The maximum atomic E-state index is 11.7. The fraction of sp³-hybridized carbons (Fsp3) is 0.500. The Kier molecular flexibility index (Phi) is 6.75. The van der Waals surface area contributed by atoms with Gasteiger partial charge in [0.2, 0.25) is 0 Å². The van der Waals surface area contributed by atoms with Crippen LogP contribution in [0.4, 0.5) is 5.69 Å². The molecule has 1 rings (SSSR count). The number of nitrogens with two attached hydrogens (primary N) is 1. The molecule has 100 valence electrons. The first-order chi connectivity index (χ1) is 8.77. The van der Waals surface area contributed by atoms with Crippen LogP contribution in [0, 0.1) is 0 Å². The van der Waals surface area contributed by atoms with Crippen molar-refractivity contribution in [3.8, 4) is 0 Å². The van der Waals surface area contributed by atoms with Crippen LogP contribution in [-0.4, -0.2) is 31.2 Å². The first-order valence-electron chi connectivity index (χ1n) is 5.97. The molecule has 0 atom stereocenters. The second-order valence-electron chi connectivity index (χ2n) is 3.88. The van der Waals surface area contributed by atoms with Gasteiger partial charge in [-0.3, -0.25) is 15.6 Å². The minimum Gasteiger partial charge on any atom is -0.385 e. The molecule has 0 fully saturated rings. The number of unbranched alkanes of at least 4 members (excludes halogenated alkanes) is 2. The summed E-state index contributed by atoms with van der Waals surface area (Å²) < 4.78 is 4.95. The Morgan fingerprint density at radius 1 is 1.44 bits per heavy atom. The van der Waals surface area contributed by atoms with Crippen LogP contribution >= 0.6 is 0 Å². The predicted octanol–water partition coefficient (Wildman–Crippen LogP) is 0.914. The first-order valence-corrected chi connectivity index (χ1v) is 5.97. The standard InChI is InChI=1S/C12H20N4O2/c1-18-8-4-2-3-6-15-12(17)11-9-10(16-13)5-7-14-11/h5,7,9H,2-4,6,8,13H2,1H3,(H,14,16)(H,15,17).